The monoisotopic (exact) mass is 884 g/mol. The molecule has 0 unspecified atom stereocenters. The number of nitro groups is 1. The molecular formula is C41H44N2O20. The fraction of sp³-hybridized carbons (Fsp3) is 0.463. The van der Waals surface area contributed by atoms with Gasteiger partial charge in [-0.25, -0.2) is 4.79 Å². The number of fused-ring (bicyclic) bond motifs is 3. The van der Waals surface area contributed by atoms with Crippen LogP contribution in [0, 0.1) is 10.1 Å². The van der Waals surface area contributed by atoms with E-state index in [1.807, 2.05) is 0 Å². The molecule has 1 amide bonds. The maximum absolute atomic E-state index is 14.0. The molecule has 0 saturated carbocycles. The maximum Gasteiger partial charge on any atom is 0.407 e. The minimum absolute atomic E-state index is 0.0334. The van der Waals surface area contributed by atoms with Crippen molar-refractivity contribution in [3.8, 4) is 23.0 Å². The molecule has 0 spiro atoms. The lowest BCUT2D eigenvalue weighted by atomic mass is 9.72. The number of aromatic hydroxyl groups is 2. The number of hydrogen-bond acceptors (Lipinski definition) is 20. The van der Waals surface area contributed by atoms with E-state index < -0.39 is 155 Å². The zero-order chi connectivity index (χ0) is 45.8. The Morgan fingerprint density at radius 3 is 2.33 bits per heavy atom. The first-order valence-electron chi connectivity index (χ1n) is 19.6. The van der Waals surface area contributed by atoms with Gasteiger partial charge in [0.05, 0.1) is 53.6 Å². The smallest absolute Gasteiger partial charge is 0.407 e. The first-order chi connectivity index (χ1) is 29.8. The average Bonchev–Trinajstić information content (AvgIpc) is 3.24. The molecule has 3 aromatic rings. The highest BCUT2D eigenvalue weighted by Gasteiger charge is 2.50. The van der Waals surface area contributed by atoms with Crippen molar-refractivity contribution in [1.29, 1.82) is 0 Å². The van der Waals surface area contributed by atoms with Crippen LogP contribution < -0.4 is 14.8 Å². The van der Waals surface area contributed by atoms with E-state index in [9.17, 15) is 70.1 Å². The van der Waals surface area contributed by atoms with Crippen LogP contribution in [0.1, 0.15) is 81.3 Å². The molecule has 63 heavy (non-hydrogen) atoms. The van der Waals surface area contributed by atoms with Gasteiger partial charge in [-0.05, 0) is 31.5 Å². The lowest BCUT2D eigenvalue weighted by molar-refractivity contribution is -0.387. The van der Waals surface area contributed by atoms with Crippen molar-refractivity contribution in [2.45, 2.75) is 107 Å². The lowest BCUT2D eigenvalue weighted by Gasteiger charge is -2.42. The zero-order valence-electron chi connectivity index (χ0n) is 33.7. The maximum atomic E-state index is 14.0. The molecule has 2 fully saturated rings. The number of carbonyl (C=O) groups is 4. The molecule has 7 rings (SSSR count). The Labute approximate surface area is 356 Å². The van der Waals surface area contributed by atoms with Crippen LogP contribution >= 0.6 is 0 Å². The number of methoxy groups -OCH3 is 1. The quantitative estimate of drug-likeness (QED) is 0.0547. The minimum atomic E-state index is -2.20. The third-order valence-corrected chi connectivity index (χ3v) is 11.7. The molecule has 2 aliphatic carbocycles. The average molecular weight is 885 g/mol. The van der Waals surface area contributed by atoms with Crippen molar-refractivity contribution in [3.05, 3.63) is 85.5 Å². The van der Waals surface area contributed by atoms with Gasteiger partial charge in [0.1, 0.15) is 60.0 Å². The Morgan fingerprint density at radius 1 is 0.952 bits per heavy atom. The molecule has 0 bridgehead atoms. The minimum Gasteiger partial charge on any atom is -0.507 e. The normalized spacial score (nSPS) is 30.0. The van der Waals surface area contributed by atoms with Gasteiger partial charge in [0.15, 0.2) is 23.6 Å². The van der Waals surface area contributed by atoms with Crippen molar-refractivity contribution in [2.75, 3.05) is 13.7 Å². The summed E-state index contributed by atoms with van der Waals surface area (Å²) in [5.41, 5.74) is -4.56. The molecule has 9 N–H and O–H groups in total. The molecule has 2 heterocycles. The number of phenols is 2. The number of benzene rings is 3. The van der Waals surface area contributed by atoms with Gasteiger partial charge in [-0.2, -0.15) is 0 Å². The number of carbonyl (C=O) groups excluding carboxylic acids is 4. The van der Waals surface area contributed by atoms with Gasteiger partial charge in [-0.1, -0.05) is 18.2 Å². The van der Waals surface area contributed by atoms with Crippen LogP contribution in [-0.2, 0) is 36.8 Å². The van der Waals surface area contributed by atoms with E-state index in [0.717, 1.165) is 19.1 Å². The zero-order valence-corrected chi connectivity index (χ0v) is 33.7. The predicted octanol–water partition coefficient (Wildman–Crippen LogP) is 0.0835. The third kappa shape index (κ3) is 8.16. The molecule has 2 saturated heterocycles. The summed E-state index contributed by atoms with van der Waals surface area (Å²) in [7, 11) is 1.28. The van der Waals surface area contributed by atoms with E-state index >= 15 is 0 Å². The Balaban J connectivity index is 1.08. The molecule has 0 aromatic heterocycles. The third-order valence-electron chi connectivity index (χ3n) is 11.7. The topological polar surface area (TPSA) is 341 Å². The van der Waals surface area contributed by atoms with Crippen LogP contribution in [0.15, 0.2) is 36.4 Å². The fourth-order valence-corrected chi connectivity index (χ4v) is 8.29. The number of ketones is 3. The molecule has 2 aliphatic heterocycles. The van der Waals surface area contributed by atoms with E-state index in [1.165, 1.54) is 38.3 Å². The number of hydrogen-bond donors (Lipinski definition) is 9. The Hall–Kier alpha value is -5.82. The van der Waals surface area contributed by atoms with E-state index in [0.29, 0.717) is 0 Å². The molecule has 338 valence electrons. The van der Waals surface area contributed by atoms with E-state index in [1.54, 1.807) is 0 Å². The second kappa shape index (κ2) is 17.4. The highest BCUT2D eigenvalue weighted by molar-refractivity contribution is 6.31. The molecule has 3 aromatic carbocycles. The summed E-state index contributed by atoms with van der Waals surface area (Å²) in [6, 6.07) is 6.49. The summed E-state index contributed by atoms with van der Waals surface area (Å²) in [4.78, 5) is 64.7. The van der Waals surface area contributed by atoms with Crippen molar-refractivity contribution in [3.63, 3.8) is 0 Å². The van der Waals surface area contributed by atoms with Crippen LogP contribution in [0.4, 0.5) is 10.5 Å². The van der Waals surface area contributed by atoms with Gasteiger partial charge in [-0.15, -0.1) is 0 Å². The second-order valence-electron chi connectivity index (χ2n) is 15.7. The fourth-order valence-electron chi connectivity index (χ4n) is 8.29. The summed E-state index contributed by atoms with van der Waals surface area (Å²) >= 11 is 0. The first kappa shape index (κ1) is 45.2. The number of nitrogens with zero attached hydrogens (tertiary/aromatic N) is 1. The number of ether oxygens (including phenoxy) is 6. The van der Waals surface area contributed by atoms with Gasteiger partial charge in [0, 0.05) is 42.0 Å². The number of Topliss-reactive ketones (excluding diaryl/α,β-unsaturated/α-hetero) is 1. The number of rotatable bonds is 11. The van der Waals surface area contributed by atoms with Crippen LogP contribution in [0.25, 0.3) is 0 Å². The van der Waals surface area contributed by atoms with Gasteiger partial charge in [-0.3, -0.25) is 24.5 Å². The summed E-state index contributed by atoms with van der Waals surface area (Å²) in [5, 5.41) is 100. The number of nitro benzene ring substituents is 1. The van der Waals surface area contributed by atoms with Crippen molar-refractivity contribution in [2.24, 2.45) is 0 Å². The Bertz CT molecular complexity index is 2350. The number of phenolic OH excluding ortho intramolecular Hbond substituents is 2. The molecular weight excluding hydrogens is 840 g/mol. The number of nitrogens with one attached hydrogen (secondary N) is 1. The number of aliphatic hydroxyl groups excluding tert-OH is 5. The summed E-state index contributed by atoms with van der Waals surface area (Å²) < 4.78 is 33.4. The van der Waals surface area contributed by atoms with Crippen LogP contribution in [0.2, 0.25) is 0 Å². The van der Waals surface area contributed by atoms with Gasteiger partial charge in [0.25, 0.3) is 0 Å². The summed E-state index contributed by atoms with van der Waals surface area (Å²) in [5.74, 6) is -4.31. The molecule has 11 atom stereocenters. The Morgan fingerprint density at radius 2 is 1.67 bits per heavy atom. The molecule has 22 nitrogen and oxygen atoms in total. The van der Waals surface area contributed by atoms with Gasteiger partial charge < -0.3 is 74.6 Å². The number of amides is 1. The van der Waals surface area contributed by atoms with Gasteiger partial charge in [0.2, 0.25) is 12.1 Å². The molecule has 0 radical (unpaired) electrons. The number of aliphatic hydroxyl groups is 6. The highest BCUT2D eigenvalue weighted by atomic mass is 16.7. The largest absolute Gasteiger partial charge is 0.507 e. The van der Waals surface area contributed by atoms with E-state index in [4.69, 9.17) is 28.4 Å². The summed E-state index contributed by atoms with van der Waals surface area (Å²) in [6.07, 6.45) is -16.1. The van der Waals surface area contributed by atoms with Gasteiger partial charge >= 0.3 is 11.8 Å². The van der Waals surface area contributed by atoms with E-state index in [-0.39, 0.29) is 40.0 Å². The SMILES string of the molecule is COc1cccc2c1C(=O)c1c(O)c3c(c(O)c1C2=O)C[C@](O)(C(C)=O)C[C@H]3O[C@@H]1C[C@@H](NC(=O)OCc2ccc(O[C@H]3O[C@@H](CO)[C@@H](O)[C@@H](O)[C@@H]3O)c([N+](=O)[O-])c2)[C@@H](O)[C@@H](C)O1. The van der Waals surface area contributed by atoms with Crippen molar-refractivity contribution < 1.29 is 93.4 Å². The van der Waals surface area contributed by atoms with Crippen LogP contribution in [0.5, 0.6) is 23.0 Å². The standard InChI is InChI=1S/C41H44N2O20/c1-15-31(46)20(42-40(54)59-14-17-7-8-22(21(9-17)43(56)57)62-39-38(53)37(52)34(49)25(13-44)63-39)10-26(60-15)61-24-12-41(55,16(2)45)11-19-28(24)36(51)30-29(33(19)48)32(47)18-5-4-6-23(58-3)27(18)35(30)50/h4-9,15,20,24-26,31,34,37-39,44,46,48-49,51-53,55H,10-14H2,1-3H3,(H,42,54)/t15-,20-,24-,25+,26-,31+,34-,37-,38+,39+,41-/m1/s1. The highest BCUT2D eigenvalue weighted by Crippen LogP contribution is 2.52. The molecule has 4 aliphatic rings. The first-order valence-corrected chi connectivity index (χ1v) is 19.6. The molecule has 22 heteroatoms. The summed E-state index contributed by atoms with van der Waals surface area (Å²) in [6.45, 7) is 1.23. The van der Waals surface area contributed by atoms with Crippen LogP contribution in [-0.4, -0.2) is 144 Å². The number of alkyl carbamates (subject to hydrolysis) is 1. The lowest BCUT2D eigenvalue weighted by Crippen LogP contribution is -2.60. The van der Waals surface area contributed by atoms with Crippen LogP contribution in [0.3, 0.4) is 0 Å². The van der Waals surface area contributed by atoms with E-state index in [2.05, 4.69) is 5.32 Å². The van der Waals surface area contributed by atoms with Crippen molar-refractivity contribution in [1.82, 2.24) is 5.32 Å². The second-order valence-corrected chi connectivity index (χ2v) is 15.7. The van der Waals surface area contributed by atoms with Crippen molar-refractivity contribution >= 4 is 29.1 Å². The Kier molecular flexibility index (Phi) is 12.5. The predicted molar refractivity (Wildman–Crippen MR) is 207 cm³/mol.